The first-order chi connectivity index (χ1) is 16.4. The van der Waals surface area contributed by atoms with Crippen LogP contribution in [0.2, 0.25) is 18.1 Å². The van der Waals surface area contributed by atoms with E-state index in [4.69, 9.17) is 18.6 Å². The largest absolute Gasteiger partial charge is 0.472 e. The Morgan fingerprint density at radius 3 is 2.60 bits per heavy atom. The minimum absolute atomic E-state index is 0.0220. The van der Waals surface area contributed by atoms with Crippen LogP contribution in [0.1, 0.15) is 50.9 Å². The lowest BCUT2D eigenvalue weighted by atomic mass is 10.2. The molecule has 0 aliphatic heterocycles. The number of ether oxygens (including phenoxy) is 3. The van der Waals surface area contributed by atoms with Crippen molar-refractivity contribution < 1.29 is 27.8 Å². The van der Waals surface area contributed by atoms with Crippen LogP contribution in [0.5, 0.6) is 17.4 Å². The highest BCUT2D eigenvalue weighted by atomic mass is 28.4. The summed E-state index contributed by atoms with van der Waals surface area (Å²) in [4.78, 5) is 19.8. The zero-order chi connectivity index (χ0) is 25.8. The van der Waals surface area contributed by atoms with E-state index in [0.717, 1.165) is 24.3 Å². The summed E-state index contributed by atoms with van der Waals surface area (Å²) in [5, 5.41) is 0.954. The molecule has 3 aromatic rings. The first kappa shape index (κ1) is 26.7. The molecule has 3 rings (SSSR count). The maximum atomic E-state index is 14.0. The highest BCUT2D eigenvalue weighted by molar-refractivity contribution is 6.74. The monoisotopic (exact) mass is 502 g/mol. The summed E-state index contributed by atoms with van der Waals surface area (Å²) in [7, 11) is -0.537. The van der Waals surface area contributed by atoms with Crippen LogP contribution in [0, 0.1) is 5.82 Å². The number of carbonyl (C=O) groups is 1. The third-order valence-corrected chi connectivity index (χ3v) is 10.9. The highest BCUT2D eigenvalue weighted by Crippen LogP contribution is 2.37. The molecule has 35 heavy (non-hydrogen) atoms. The van der Waals surface area contributed by atoms with Gasteiger partial charge in [-0.1, -0.05) is 20.8 Å². The molecule has 1 aromatic carbocycles. The molecule has 0 aliphatic rings. The molecule has 190 valence electrons. The lowest BCUT2D eigenvalue weighted by Crippen LogP contribution is -2.41. The van der Waals surface area contributed by atoms with Crippen molar-refractivity contribution in [2.75, 3.05) is 13.7 Å². The van der Waals surface area contributed by atoms with Gasteiger partial charge in [0.25, 0.3) is 5.88 Å². The number of methoxy groups -OCH3 is 1. The number of pyridine rings is 1. The van der Waals surface area contributed by atoms with Crippen molar-refractivity contribution >= 4 is 25.3 Å². The number of aromatic amines is 1. The van der Waals surface area contributed by atoms with Crippen LogP contribution < -0.4 is 9.47 Å². The number of carbonyl (C=O) groups excluding carboxylic acids is 1. The Hall–Kier alpha value is -2.91. The Morgan fingerprint density at radius 2 is 1.91 bits per heavy atom. The van der Waals surface area contributed by atoms with Crippen molar-refractivity contribution in [1.82, 2.24) is 9.97 Å². The molecule has 0 spiro atoms. The lowest BCUT2D eigenvalue weighted by molar-refractivity contribution is 0.0597. The van der Waals surface area contributed by atoms with Gasteiger partial charge in [0.05, 0.1) is 13.2 Å². The predicted octanol–water partition coefficient (Wildman–Crippen LogP) is 6.85. The molecule has 2 aromatic heterocycles. The molecule has 0 amide bonds. The summed E-state index contributed by atoms with van der Waals surface area (Å²) in [5.41, 5.74) is 0.734. The third-order valence-electron chi connectivity index (χ3n) is 6.37. The van der Waals surface area contributed by atoms with E-state index in [0.29, 0.717) is 12.3 Å². The summed E-state index contributed by atoms with van der Waals surface area (Å²) < 4.78 is 37.1. The smallest absolute Gasteiger partial charge is 0.341 e. The molecular formula is C26H35FN2O5Si. The molecule has 1 N–H and O–H groups in total. The second kappa shape index (κ2) is 10.8. The number of hydrogen-bond acceptors (Lipinski definition) is 6. The van der Waals surface area contributed by atoms with E-state index in [1.807, 2.05) is 13.0 Å². The number of H-pyrrole nitrogens is 1. The minimum atomic E-state index is -1.79. The van der Waals surface area contributed by atoms with Gasteiger partial charge in [0.1, 0.15) is 22.8 Å². The number of benzene rings is 1. The van der Waals surface area contributed by atoms with Crippen LogP contribution >= 0.6 is 0 Å². The standard InChI is InChI=1S/C26H35FN2O5Si/c1-17(9-8-14-32-35(6,7)26(2,3)4)33-24-22(15-18-12-13-28-23(18)29-24)34-21-16-19(27)10-11-20(21)25(30)31-5/h10-13,15-17H,8-9,14H2,1-7H3,(H,28,29)/t17-/m0/s1. The SMILES string of the molecule is COC(=O)c1ccc(F)cc1Oc1cc2cc[nH]c2nc1O[C@@H](C)CCCO[Si](C)(C)C(C)(C)C. The lowest BCUT2D eigenvalue weighted by Gasteiger charge is -2.36. The second-order valence-electron chi connectivity index (χ2n) is 10.1. The van der Waals surface area contributed by atoms with Crippen molar-refractivity contribution in [3.8, 4) is 17.4 Å². The van der Waals surface area contributed by atoms with Crippen LogP contribution in [0.4, 0.5) is 4.39 Å². The number of fused-ring (bicyclic) bond motifs is 1. The number of aromatic nitrogens is 2. The summed E-state index contributed by atoms with van der Waals surface area (Å²) >= 11 is 0. The third kappa shape index (κ3) is 6.61. The van der Waals surface area contributed by atoms with Crippen molar-refractivity contribution in [2.24, 2.45) is 0 Å². The van der Waals surface area contributed by atoms with E-state index in [2.05, 4.69) is 43.8 Å². The molecule has 2 heterocycles. The topological polar surface area (TPSA) is 82.7 Å². The van der Waals surface area contributed by atoms with E-state index < -0.39 is 20.1 Å². The van der Waals surface area contributed by atoms with Gasteiger partial charge in [-0.25, -0.2) is 9.18 Å². The highest BCUT2D eigenvalue weighted by Gasteiger charge is 2.36. The molecule has 7 nitrogen and oxygen atoms in total. The Morgan fingerprint density at radius 1 is 1.17 bits per heavy atom. The molecule has 9 heteroatoms. The van der Waals surface area contributed by atoms with Gasteiger partial charge in [-0.2, -0.15) is 4.98 Å². The molecule has 0 saturated heterocycles. The van der Waals surface area contributed by atoms with Crippen molar-refractivity contribution in [2.45, 2.75) is 64.8 Å². The fourth-order valence-electron chi connectivity index (χ4n) is 3.24. The first-order valence-electron chi connectivity index (χ1n) is 11.8. The summed E-state index contributed by atoms with van der Waals surface area (Å²) in [6, 6.07) is 7.22. The van der Waals surface area contributed by atoms with Gasteiger partial charge in [0, 0.05) is 24.3 Å². The van der Waals surface area contributed by atoms with Gasteiger partial charge in [-0.05, 0) is 62.2 Å². The van der Waals surface area contributed by atoms with Crippen LogP contribution in [0.25, 0.3) is 11.0 Å². The molecular weight excluding hydrogens is 467 g/mol. The van der Waals surface area contributed by atoms with Gasteiger partial charge in [-0.3, -0.25) is 0 Å². The van der Waals surface area contributed by atoms with E-state index >= 15 is 0 Å². The number of halogens is 1. The van der Waals surface area contributed by atoms with Crippen LogP contribution in [-0.2, 0) is 9.16 Å². The maximum absolute atomic E-state index is 14.0. The molecule has 0 unspecified atom stereocenters. The van der Waals surface area contributed by atoms with Crippen molar-refractivity contribution in [3.63, 3.8) is 0 Å². The van der Waals surface area contributed by atoms with Crippen LogP contribution in [-0.4, -0.2) is 44.1 Å². The van der Waals surface area contributed by atoms with Crippen LogP contribution in [0.3, 0.4) is 0 Å². The number of esters is 1. The minimum Gasteiger partial charge on any atom is -0.472 e. The summed E-state index contributed by atoms with van der Waals surface area (Å²) in [5.74, 6) is -0.627. The average Bonchev–Trinajstić information content (AvgIpc) is 3.23. The van der Waals surface area contributed by atoms with E-state index in [1.165, 1.54) is 19.2 Å². The van der Waals surface area contributed by atoms with E-state index in [-0.39, 0.29) is 34.1 Å². The zero-order valence-electron chi connectivity index (χ0n) is 21.5. The average molecular weight is 503 g/mol. The van der Waals surface area contributed by atoms with Crippen molar-refractivity contribution in [1.29, 1.82) is 0 Å². The Balaban J connectivity index is 1.76. The molecule has 0 aliphatic carbocycles. The van der Waals surface area contributed by atoms with Crippen LogP contribution in [0.15, 0.2) is 36.5 Å². The normalized spacial score (nSPS) is 13.0. The number of nitrogens with zero attached hydrogens (tertiary/aromatic N) is 1. The Labute approximate surface area is 207 Å². The molecule has 0 bridgehead atoms. The number of nitrogens with one attached hydrogen (secondary N) is 1. The molecule has 1 atom stereocenters. The first-order valence-corrected chi connectivity index (χ1v) is 14.7. The molecule has 0 fully saturated rings. The van der Waals surface area contributed by atoms with E-state index in [9.17, 15) is 9.18 Å². The van der Waals surface area contributed by atoms with Gasteiger partial charge in [0.2, 0.25) is 0 Å². The predicted molar refractivity (Wildman–Crippen MR) is 136 cm³/mol. The molecule has 0 radical (unpaired) electrons. The Bertz CT molecular complexity index is 1170. The Kier molecular flexibility index (Phi) is 8.22. The van der Waals surface area contributed by atoms with Gasteiger partial charge < -0.3 is 23.6 Å². The number of hydrogen-bond donors (Lipinski definition) is 1. The fourth-order valence-corrected chi connectivity index (χ4v) is 4.33. The van der Waals surface area contributed by atoms with Crippen molar-refractivity contribution in [3.05, 3.63) is 47.9 Å². The quantitative estimate of drug-likeness (QED) is 0.185. The van der Waals surface area contributed by atoms with Gasteiger partial charge >= 0.3 is 5.97 Å². The zero-order valence-corrected chi connectivity index (χ0v) is 22.5. The van der Waals surface area contributed by atoms with Gasteiger partial charge in [-0.15, -0.1) is 0 Å². The second-order valence-corrected chi connectivity index (χ2v) is 14.9. The number of rotatable bonds is 10. The summed E-state index contributed by atoms with van der Waals surface area (Å²) in [6.07, 6.45) is 3.18. The summed E-state index contributed by atoms with van der Waals surface area (Å²) in [6.45, 7) is 13.8. The molecule has 0 saturated carbocycles. The fraction of sp³-hybridized carbons (Fsp3) is 0.462. The van der Waals surface area contributed by atoms with Gasteiger partial charge in [0.15, 0.2) is 14.1 Å². The van der Waals surface area contributed by atoms with E-state index in [1.54, 1.807) is 12.3 Å². The maximum Gasteiger partial charge on any atom is 0.341 e.